The van der Waals surface area contributed by atoms with E-state index in [2.05, 4.69) is 57.4 Å². The van der Waals surface area contributed by atoms with Gasteiger partial charge in [0.15, 0.2) is 0 Å². The molecule has 0 amide bonds. The second-order valence-corrected chi connectivity index (χ2v) is 5.24. The molecular weight excluding hydrogens is 194 g/mol. The Morgan fingerprint density at radius 2 is 1.88 bits per heavy atom. The number of rotatable bonds is 2. The van der Waals surface area contributed by atoms with Crippen LogP contribution in [0.4, 0.5) is 0 Å². The van der Waals surface area contributed by atoms with Crippen LogP contribution in [0.25, 0.3) is 5.70 Å². The monoisotopic (exact) mass is 215 g/mol. The fraction of sp³-hybridized carbons (Fsp3) is 0.467. The number of nitrogens with zero attached hydrogens (tertiary/aromatic N) is 1. The van der Waals surface area contributed by atoms with E-state index in [1.54, 1.807) is 0 Å². The van der Waals surface area contributed by atoms with Gasteiger partial charge in [-0.25, -0.2) is 0 Å². The molecule has 0 aliphatic carbocycles. The Kier molecular flexibility index (Phi) is 2.79. The first-order valence-electron chi connectivity index (χ1n) is 6.09. The maximum atomic E-state index is 4.22. The van der Waals surface area contributed by atoms with Gasteiger partial charge in [-0.1, -0.05) is 32.6 Å². The SMILES string of the molecule is C=C1c2cc(C(C)C)ccc2CN1C(C)C. The summed E-state index contributed by atoms with van der Waals surface area (Å²) in [6, 6.07) is 7.35. The van der Waals surface area contributed by atoms with Crippen LogP contribution in [0.3, 0.4) is 0 Å². The van der Waals surface area contributed by atoms with Crippen LogP contribution in [-0.4, -0.2) is 10.9 Å². The number of hydrogen-bond donors (Lipinski definition) is 0. The summed E-state index contributed by atoms with van der Waals surface area (Å²) < 4.78 is 0. The zero-order valence-electron chi connectivity index (χ0n) is 10.7. The van der Waals surface area contributed by atoms with Gasteiger partial charge in [0, 0.05) is 23.8 Å². The number of benzene rings is 1. The second kappa shape index (κ2) is 3.97. The molecule has 1 aromatic carbocycles. The van der Waals surface area contributed by atoms with Gasteiger partial charge in [-0.3, -0.25) is 0 Å². The quantitative estimate of drug-likeness (QED) is 0.720. The minimum Gasteiger partial charge on any atom is -0.365 e. The minimum atomic E-state index is 0.530. The molecule has 2 rings (SSSR count). The lowest BCUT2D eigenvalue weighted by molar-refractivity contribution is 0.339. The summed E-state index contributed by atoms with van der Waals surface area (Å²) in [7, 11) is 0. The summed E-state index contributed by atoms with van der Waals surface area (Å²) >= 11 is 0. The van der Waals surface area contributed by atoms with E-state index in [1.165, 1.54) is 22.4 Å². The highest BCUT2D eigenvalue weighted by Gasteiger charge is 2.24. The van der Waals surface area contributed by atoms with Crippen LogP contribution >= 0.6 is 0 Å². The van der Waals surface area contributed by atoms with Gasteiger partial charge in [0.05, 0.1) is 0 Å². The zero-order valence-corrected chi connectivity index (χ0v) is 10.7. The molecule has 0 saturated carbocycles. The maximum Gasteiger partial charge on any atom is 0.0439 e. The molecular formula is C15H21N. The van der Waals surface area contributed by atoms with Crippen molar-refractivity contribution in [3.63, 3.8) is 0 Å². The molecule has 1 aliphatic rings. The van der Waals surface area contributed by atoms with Crippen molar-refractivity contribution in [1.82, 2.24) is 4.90 Å². The normalized spacial score (nSPS) is 15.1. The molecule has 1 heteroatoms. The largest absolute Gasteiger partial charge is 0.365 e. The summed E-state index contributed by atoms with van der Waals surface area (Å²) in [5.74, 6) is 0.589. The average Bonchev–Trinajstić information content (AvgIpc) is 2.56. The molecule has 16 heavy (non-hydrogen) atoms. The Balaban J connectivity index is 2.38. The molecule has 1 aliphatic heterocycles. The third kappa shape index (κ3) is 1.75. The Bertz CT molecular complexity index is 415. The van der Waals surface area contributed by atoms with E-state index >= 15 is 0 Å². The molecule has 0 radical (unpaired) electrons. The van der Waals surface area contributed by atoms with Crippen molar-refractivity contribution in [1.29, 1.82) is 0 Å². The highest BCUT2D eigenvalue weighted by Crippen LogP contribution is 2.34. The van der Waals surface area contributed by atoms with Crippen molar-refractivity contribution in [3.05, 3.63) is 41.5 Å². The van der Waals surface area contributed by atoms with Crippen molar-refractivity contribution in [2.75, 3.05) is 0 Å². The van der Waals surface area contributed by atoms with Crippen molar-refractivity contribution in [2.24, 2.45) is 0 Å². The van der Waals surface area contributed by atoms with Crippen LogP contribution in [-0.2, 0) is 6.54 Å². The number of fused-ring (bicyclic) bond motifs is 1. The van der Waals surface area contributed by atoms with Crippen LogP contribution in [0, 0.1) is 0 Å². The molecule has 1 nitrogen and oxygen atoms in total. The third-order valence-corrected chi connectivity index (χ3v) is 3.42. The lowest BCUT2D eigenvalue weighted by Gasteiger charge is -2.23. The van der Waals surface area contributed by atoms with Crippen molar-refractivity contribution in [3.8, 4) is 0 Å². The average molecular weight is 215 g/mol. The molecule has 0 saturated heterocycles. The Hall–Kier alpha value is -1.24. The van der Waals surface area contributed by atoms with Gasteiger partial charge in [0.25, 0.3) is 0 Å². The number of hydrogen-bond acceptors (Lipinski definition) is 1. The molecule has 1 aromatic rings. The van der Waals surface area contributed by atoms with Crippen LogP contribution in [0.15, 0.2) is 24.8 Å². The molecule has 0 atom stereocenters. The highest BCUT2D eigenvalue weighted by atomic mass is 15.2. The Morgan fingerprint density at radius 3 is 2.44 bits per heavy atom. The molecule has 86 valence electrons. The fourth-order valence-electron chi connectivity index (χ4n) is 2.29. The summed E-state index contributed by atoms with van der Waals surface area (Å²) in [6.45, 7) is 14.2. The van der Waals surface area contributed by atoms with Crippen molar-refractivity contribution < 1.29 is 0 Å². The van der Waals surface area contributed by atoms with Crippen LogP contribution in [0.5, 0.6) is 0 Å². The van der Waals surface area contributed by atoms with E-state index in [9.17, 15) is 0 Å². The van der Waals surface area contributed by atoms with Crippen LogP contribution in [0.2, 0.25) is 0 Å². The van der Waals surface area contributed by atoms with Gasteiger partial charge >= 0.3 is 0 Å². The van der Waals surface area contributed by atoms with E-state index in [0.29, 0.717) is 12.0 Å². The Morgan fingerprint density at radius 1 is 1.19 bits per heavy atom. The zero-order chi connectivity index (χ0) is 11.9. The predicted molar refractivity (Wildman–Crippen MR) is 70.2 cm³/mol. The van der Waals surface area contributed by atoms with Gasteiger partial charge in [0.2, 0.25) is 0 Å². The molecule has 1 heterocycles. The predicted octanol–water partition coefficient (Wildman–Crippen LogP) is 4.00. The minimum absolute atomic E-state index is 0.530. The molecule has 0 N–H and O–H groups in total. The third-order valence-electron chi connectivity index (χ3n) is 3.42. The van der Waals surface area contributed by atoms with Gasteiger partial charge < -0.3 is 4.90 Å². The van der Waals surface area contributed by atoms with E-state index in [1.807, 2.05) is 0 Å². The molecule has 0 unspecified atom stereocenters. The highest BCUT2D eigenvalue weighted by molar-refractivity contribution is 5.69. The Labute approximate surface area is 98.8 Å². The summed E-state index contributed by atoms with van der Waals surface area (Å²) in [5, 5.41) is 0. The lowest BCUT2D eigenvalue weighted by Crippen LogP contribution is -2.23. The lowest BCUT2D eigenvalue weighted by atomic mass is 9.98. The van der Waals surface area contributed by atoms with Crippen LogP contribution in [0.1, 0.15) is 50.3 Å². The van der Waals surface area contributed by atoms with Gasteiger partial charge in [-0.05, 0) is 37.0 Å². The molecule has 0 fully saturated rings. The van der Waals surface area contributed by atoms with Gasteiger partial charge in [-0.15, -0.1) is 0 Å². The topological polar surface area (TPSA) is 3.24 Å². The van der Waals surface area contributed by atoms with Crippen molar-refractivity contribution in [2.45, 2.75) is 46.2 Å². The van der Waals surface area contributed by atoms with Crippen LogP contribution < -0.4 is 0 Å². The summed E-state index contributed by atoms with van der Waals surface area (Å²) in [6.07, 6.45) is 0. The fourth-order valence-corrected chi connectivity index (χ4v) is 2.29. The van der Waals surface area contributed by atoms with E-state index in [0.717, 1.165) is 6.54 Å². The molecule has 0 bridgehead atoms. The molecule has 0 spiro atoms. The first-order valence-corrected chi connectivity index (χ1v) is 6.09. The maximum absolute atomic E-state index is 4.22. The summed E-state index contributed by atoms with van der Waals surface area (Å²) in [5.41, 5.74) is 5.36. The second-order valence-electron chi connectivity index (χ2n) is 5.24. The standard InChI is InChI=1S/C15H21N/c1-10(2)13-6-7-14-9-16(11(3)4)12(5)15(14)8-13/h6-8,10-11H,5,9H2,1-4H3. The van der Waals surface area contributed by atoms with Gasteiger partial charge in [-0.2, -0.15) is 0 Å². The molecule has 0 aromatic heterocycles. The first-order chi connectivity index (χ1) is 7.50. The van der Waals surface area contributed by atoms with Gasteiger partial charge in [0.1, 0.15) is 0 Å². The van der Waals surface area contributed by atoms with Crippen molar-refractivity contribution >= 4 is 5.70 Å². The first kappa shape index (κ1) is 11.3. The van der Waals surface area contributed by atoms with E-state index in [-0.39, 0.29) is 0 Å². The van der Waals surface area contributed by atoms with E-state index < -0.39 is 0 Å². The summed E-state index contributed by atoms with van der Waals surface area (Å²) in [4.78, 5) is 2.37. The smallest absolute Gasteiger partial charge is 0.0439 e. The van der Waals surface area contributed by atoms with E-state index in [4.69, 9.17) is 0 Å².